The van der Waals surface area contributed by atoms with Gasteiger partial charge in [0.25, 0.3) is 6.18 Å². The Morgan fingerprint density at radius 3 is 1.03 bits per heavy atom. The molecule has 5 aliphatic carbocycles. The number of methoxy groups -OCH3 is 1. The molecule has 0 radical (unpaired) electrons. The molecule has 0 unspecified atom stereocenters. The van der Waals surface area contributed by atoms with Gasteiger partial charge < -0.3 is 9.47 Å². The topological polar surface area (TPSA) is 18.5 Å². The van der Waals surface area contributed by atoms with E-state index in [0.29, 0.717) is 25.4 Å². The van der Waals surface area contributed by atoms with Crippen LogP contribution in [-0.4, -0.2) is 50.6 Å². The second kappa shape index (κ2) is 16.4. The van der Waals surface area contributed by atoms with Gasteiger partial charge in [0.05, 0.1) is 25.2 Å². The third-order valence-electron chi connectivity index (χ3n) is 5.28. The molecule has 0 spiro atoms. The van der Waals surface area contributed by atoms with Crippen LogP contribution in [0.3, 0.4) is 0 Å². The standard InChI is InChI=1S/C4H5F3.C4H6F2.2C4H8O.C4H8.C3H4F2.C2H2F3/c5-4(6,7)3-1-2-3;5-4(6)2-1-3-4;1-4-2-5-3-4;1-5-4-2-3-4;1-4-2-3-4;4-3(5)1-2-3;1-2(3,4)5/h3H,1-2H2;1-3H2;2*4H,2-3H2,1H3;4H,2-3H2,1H3;1-2H2;1H2/q;;;;;;-1. The SMILES string of the molecule is CC1CC1.CC1COC1.COC1CC1.FC(F)(F)C1CC1.FC1(F)CC1.FC1(F)CCC1.[CH2-]C(F)(F)F. The van der Waals surface area contributed by atoms with Crippen LogP contribution in [-0.2, 0) is 9.47 Å². The summed E-state index contributed by atoms with van der Waals surface area (Å²) in [5.74, 6) is -3.55. The average Bonchev–Trinajstić information content (AvgIpc) is 3.53. The predicted molar refractivity (Wildman–Crippen MR) is 122 cm³/mol. The van der Waals surface area contributed by atoms with Crippen LogP contribution in [0.5, 0.6) is 0 Å². The van der Waals surface area contributed by atoms with Gasteiger partial charge in [-0.3, -0.25) is 0 Å². The van der Waals surface area contributed by atoms with E-state index < -0.39 is 30.1 Å². The van der Waals surface area contributed by atoms with Crippen molar-refractivity contribution >= 4 is 0 Å². The summed E-state index contributed by atoms with van der Waals surface area (Å²) in [5, 5.41) is 0. The van der Waals surface area contributed by atoms with E-state index in [2.05, 4.69) is 13.8 Å². The van der Waals surface area contributed by atoms with Crippen molar-refractivity contribution < 1.29 is 53.4 Å². The molecule has 6 aliphatic rings. The molecule has 0 aromatic heterocycles. The van der Waals surface area contributed by atoms with E-state index in [-0.39, 0.29) is 25.7 Å². The Labute approximate surface area is 213 Å². The lowest BCUT2D eigenvalue weighted by Crippen LogP contribution is -2.24. The maximum atomic E-state index is 11.5. The summed E-state index contributed by atoms with van der Waals surface area (Å²) in [7, 11) is 1.76. The lowest BCUT2D eigenvalue weighted by Gasteiger charge is -2.23. The Balaban J connectivity index is 0.000000411. The summed E-state index contributed by atoms with van der Waals surface area (Å²) in [4.78, 5) is 0. The molecule has 2 nitrogen and oxygen atoms in total. The lowest BCUT2D eigenvalue weighted by molar-refractivity contribution is -0.147. The Hall–Kier alpha value is -0.780. The lowest BCUT2D eigenvalue weighted by atomic mass is 9.95. The summed E-state index contributed by atoms with van der Waals surface area (Å²) in [6.45, 7) is 8.20. The summed E-state index contributed by atoms with van der Waals surface area (Å²) in [6, 6.07) is 0. The van der Waals surface area contributed by atoms with E-state index in [1.54, 1.807) is 14.0 Å². The molecular weight excluding hydrogens is 522 g/mol. The van der Waals surface area contributed by atoms with E-state index in [1.807, 2.05) is 0 Å². The Morgan fingerprint density at radius 2 is 1.03 bits per heavy atom. The predicted octanol–water partition coefficient (Wildman–Crippen LogP) is 9.43. The molecule has 5 saturated carbocycles. The van der Waals surface area contributed by atoms with Gasteiger partial charge in [0.2, 0.25) is 11.8 Å². The van der Waals surface area contributed by atoms with E-state index in [0.717, 1.165) is 25.0 Å². The van der Waals surface area contributed by atoms with Crippen molar-refractivity contribution in [2.24, 2.45) is 17.8 Å². The largest absolute Gasteiger partial charge is 0.391 e. The van der Waals surface area contributed by atoms with Crippen LogP contribution in [0.15, 0.2) is 0 Å². The number of hydrogen-bond donors (Lipinski definition) is 0. The van der Waals surface area contributed by atoms with E-state index in [9.17, 15) is 43.9 Å². The highest BCUT2D eigenvalue weighted by atomic mass is 19.4. The van der Waals surface area contributed by atoms with Crippen LogP contribution >= 0.6 is 0 Å². The van der Waals surface area contributed by atoms with Gasteiger partial charge in [0, 0.05) is 38.7 Å². The quantitative estimate of drug-likeness (QED) is 0.234. The first-order chi connectivity index (χ1) is 16.7. The molecule has 6 fully saturated rings. The average molecular weight is 564 g/mol. The number of rotatable bonds is 1. The van der Waals surface area contributed by atoms with Crippen molar-refractivity contribution in [2.45, 2.75) is 115 Å². The van der Waals surface area contributed by atoms with Gasteiger partial charge in [-0.2, -0.15) is 13.2 Å². The molecule has 0 N–H and O–H groups in total. The second-order valence-electron chi connectivity index (χ2n) is 10.3. The fourth-order valence-electron chi connectivity index (χ4n) is 1.77. The van der Waals surface area contributed by atoms with Crippen molar-refractivity contribution in [2.75, 3.05) is 20.3 Å². The summed E-state index contributed by atoms with van der Waals surface area (Å²) in [6.07, 6.45) is -0.0671. The van der Waals surface area contributed by atoms with Crippen LogP contribution in [0.4, 0.5) is 43.9 Å². The first-order valence-electron chi connectivity index (χ1n) is 12.6. The molecule has 224 valence electrons. The highest BCUT2D eigenvalue weighted by molar-refractivity contribution is 4.81. The molecule has 37 heavy (non-hydrogen) atoms. The minimum Gasteiger partial charge on any atom is -0.381 e. The minimum absolute atomic E-state index is 0.118. The monoisotopic (exact) mass is 563 g/mol. The second-order valence-corrected chi connectivity index (χ2v) is 10.3. The molecule has 0 bridgehead atoms. The van der Waals surface area contributed by atoms with Crippen molar-refractivity contribution in [3.63, 3.8) is 0 Å². The van der Waals surface area contributed by atoms with Crippen LogP contribution in [0, 0.1) is 24.7 Å². The first kappa shape index (κ1) is 36.2. The molecule has 1 heterocycles. The van der Waals surface area contributed by atoms with Crippen LogP contribution < -0.4 is 0 Å². The third-order valence-corrected chi connectivity index (χ3v) is 5.28. The number of hydrogen-bond acceptors (Lipinski definition) is 2. The smallest absolute Gasteiger partial charge is 0.381 e. The summed E-state index contributed by atoms with van der Waals surface area (Å²) < 4.78 is 119. The van der Waals surface area contributed by atoms with Gasteiger partial charge >= 0.3 is 6.18 Å². The van der Waals surface area contributed by atoms with Gasteiger partial charge in [0.15, 0.2) is 0 Å². The van der Waals surface area contributed by atoms with E-state index >= 15 is 0 Å². The zero-order chi connectivity index (χ0) is 28.9. The molecule has 12 heteroatoms. The van der Waals surface area contributed by atoms with Crippen LogP contribution in [0.25, 0.3) is 0 Å². The maximum absolute atomic E-state index is 11.5. The molecule has 0 aromatic rings. The van der Waals surface area contributed by atoms with Gasteiger partial charge in [-0.15, -0.1) is 0 Å². The maximum Gasteiger partial charge on any atom is 0.391 e. The fourth-order valence-corrected chi connectivity index (χ4v) is 1.77. The molecule has 0 aromatic carbocycles. The van der Waals surface area contributed by atoms with Crippen molar-refractivity contribution in [3.05, 3.63) is 6.92 Å². The van der Waals surface area contributed by atoms with E-state index in [4.69, 9.17) is 9.47 Å². The normalized spacial score (nSPS) is 24.2. The third kappa shape index (κ3) is 31.3. The van der Waals surface area contributed by atoms with Crippen molar-refractivity contribution in [3.8, 4) is 0 Å². The summed E-state index contributed by atoms with van der Waals surface area (Å²) in [5.41, 5.74) is 0. The first-order valence-corrected chi connectivity index (χ1v) is 12.6. The molecule has 0 amide bonds. The van der Waals surface area contributed by atoms with E-state index in [1.165, 1.54) is 25.7 Å². The van der Waals surface area contributed by atoms with Crippen LogP contribution in [0.2, 0.25) is 0 Å². The number of ether oxygens (including phenoxy) is 2. The number of halogens is 10. The Bertz CT molecular complexity index is 555. The highest BCUT2D eigenvalue weighted by Crippen LogP contribution is 2.44. The number of alkyl halides is 10. The Morgan fingerprint density at radius 1 is 0.703 bits per heavy atom. The molecule has 1 aliphatic heterocycles. The minimum atomic E-state index is -4.25. The van der Waals surface area contributed by atoms with Gasteiger partial charge in [-0.1, -0.05) is 26.7 Å². The summed E-state index contributed by atoms with van der Waals surface area (Å²) >= 11 is 0. The highest BCUT2D eigenvalue weighted by Gasteiger charge is 2.47. The Kier molecular flexibility index (Phi) is 16.0. The van der Waals surface area contributed by atoms with Gasteiger partial charge in [-0.25, -0.2) is 37.7 Å². The molecule has 1 saturated heterocycles. The van der Waals surface area contributed by atoms with Gasteiger partial charge in [0.1, 0.15) is 0 Å². The van der Waals surface area contributed by atoms with Gasteiger partial charge in [-0.05, 0) is 38.0 Å². The van der Waals surface area contributed by atoms with Crippen LogP contribution in [0.1, 0.15) is 84.5 Å². The molecule has 0 atom stereocenters. The zero-order valence-electron chi connectivity index (χ0n) is 21.8. The fraction of sp³-hybridized carbons (Fsp3) is 0.960. The molecular formula is C25H41F10O2-. The molecule has 6 rings (SSSR count). The zero-order valence-corrected chi connectivity index (χ0v) is 21.8. The van der Waals surface area contributed by atoms with Crippen molar-refractivity contribution in [1.82, 2.24) is 0 Å². The van der Waals surface area contributed by atoms with Crippen molar-refractivity contribution in [1.29, 1.82) is 0 Å².